The molecule has 7 heteroatoms. The minimum Gasteiger partial charge on any atom is -0.308 e. The molecule has 5 amide bonds. The van der Waals surface area contributed by atoms with Crippen molar-refractivity contribution in [3.05, 3.63) is 30.3 Å². The van der Waals surface area contributed by atoms with Crippen LogP contribution >= 0.6 is 0 Å². The number of imide groups is 2. The third kappa shape index (κ3) is 3.21. The largest absolute Gasteiger partial charge is 0.334 e. The van der Waals surface area contributed by atoms with Gasteiger partial charge in [-0.1, -0.05) is 31.0 Å². The Labute approximate surface area is 152 Å². The SMILES string of the molecule is CC(C)N(C(=O)CN1C(=O)C(=O)N(C2CCCC2)C1=O)c1ccccc1. The zero-order valence-electron chi connectivity index (χ0n) is 15.1. The molecular weight excluding hydrogens is 334 g/mol. The van der Waals surface area contributed by atoms with E-state index in [1.54, 1.807) is 12.1 Å². The third-order valence-corrected chi connectivity index (χ3v) is 4.89. The number of urea groups is 1. The van der Waals surface area contributed by atoms with Crippen molar-refractivity contribution in [2.45, 2.75) is 51.6 Å². The van der Waals surface area contributed by atoms with Crippen LogP contribution in [0.15, 0.2) is 30.3 Å². The van der Waals surface area contributed by atoms with Gasteiger partial charge < -0.3 is 4.90 Å². The predicted octanol–water partition coefficient (Wildman–Crippen LogP) is 2.16. The number of anilines is 1. The smallest absolute Gasteiger partial charge is 0.308 e. The van der Waals surface area contributed by atoms with E-state index in [1.165, 1.54) is 4.90 Å². The molecule has 0 unspecified atom stereocenters. The number of carbonyl (C=O) groups excluding carboxylic acids is 4. The fraction of sp³-hybridized carbons (Fsp3) is 0.474. The van der Waals surface area contributed by atoms with Crippen molar-refractivity contribution in [1.82, 2.24) is 9.80 Å². The van der Waals surface area contributed by atoms with Gasteiger partial charge in [-0.2, -0.15) is 0 Å². The molecule has 1 aliphatic carbocycles. The molecule has 1 heterocycles. The fourth-order valence-electron chi connectivity index (χ4n) is 3.68. The molecule has 1 saturated heterocycles. The van der Waals surface area contributed by atoms with Gasteiger partial charge in [0.15, 0.2) is 0 Å². The molecule has 0 atom stereocenters. The van der Waals surface area contributed by atoms with Gasteiger partial charge in [-0.05, 0) is 38.8 Å². The van der Waals surface area contributed by atoms with Crippen LogP contribution < -0.4 is 4.90 Å². The van der Waals surface area contributed by atoms with Gasteiger partial charge in [0.2, 0.25) is 5.91 Å². The highest BCUT2D eigenvalue weighted by molar-refractivity contribution is 6.45. The normalized spacial score (nSPS) is 18.3. The fourth-order valence-corrected chi connectivity index (χ4v) is 3.68. The zero-order chi connectivity index (χ0) is 18.8. The number of benzene rings is 1. The summed E-state index contributed by atoms with van der Waals surface area (Å²) in [5.74, 6) is -2.12. The first-order chi connectivity index (χ1) is 12.4. The van der Waals surface area contributed by atoms with E-state index < -0.39 is 30.3 Å². The lowest BCUT2D eigenvalue weighted by molar-refractivity contribution is -0.144. The van der Waals surface area contributed by atoms with Gasteiger partial charge in [-0.15, -0.1) is 0 Å². The Morgan fingerprint density at radius 1 is 1.08 bits per heavy atom. The number of para-hydroxylation sites is 1. The minimum absolute atomic E-state index is 0.153. The van der Waals surface area contributed by atoms with Crippen molar-refractivity contribution in [2.75, 3.05) is 11.4 Å². The van der Waals surface area contributed by atoms with Crippen LogP contribution in [-0.4, -0.2) is 52.2 Å². The summed E-state index contributed by atoms with van der Waals surface area (Å²) in [6.07, 6.45) is 3.30. The van der Waals surface area contributed by atoms with Gasteiger partial charge in [-0.3, -0.25) is 19.3 Å². The number of amides is 5. The Kier molecular flexibility index (Phi) is 5.06. The standard InChI is InChI=1S/C19H23N3O4/c1-13(2)21(14-8-4-3-5-9-14)16(23)12-20-17(24)18(25)22(19(20)26)15-10-6-7-11-15/h3-5,8-9,13,15H,6-7,10-12H2,1-2H3. The number of carbonyl (C=O) groups is 4. The molecule has 0 spiro atoms. The van der Waals surface area contributed by atoms with E-state index in [1.807, 2.05) is 32.0 Å². The number of nitrogens with zero attached hydrogens (tertiary/aromatic N) is 3. The van der Waals surface area contributed by atoms with Crippen LogP contribution in [0.25, 0.3) is 0 Å². The Morgan fingerprint density at radius 3 is 2.27 bits per heavy atom. The van der Waals surface area contributed by atoms with Crippen molar-refractivity contribution in [3.8, 4) is 0 Å². The lowest BCUT2D eigenvalue weighted by Crippen LogP contribution is -2.46. The quantitative estimate of drug-likeness (QED) is 0.598. The van der Waals surface area contributed by atoms with Gasteiger partial charge in [0.05, 0.1) is 0 Å². The van der Waals surface area contributed by atoms with E-state index in [4.69, 9.17) is 0 Å². The maximum Gasteiger partial charge on any atom is 0.334 e. The van der Waals surface area contributed by atoms with Crippen LogP contribution in [0.5, 0.6) is 0 Å². The molecule has 0 bridgehead atoms. The molecular formula is C19H23N3O4. The molecule has 1 aromatic rings. The van der Waals surface area contributed by atoms with E-state index in [-0.39, 0.29) is 12.1 Å². The van der Waals surface area contributed by atoms with Gasteiger partial charge in [-0.25, -0.2) is 9.69 Å². The topological polar surface area (TPSA) is 78.0 Å². The van der Waals surface area contributed by atoms with Crippen molar-refractivity contribution >= 4 is 29.4 Å². The van der Waals surface area contributed by atoms with Crippen molar-refractivity contribution in [2.24, 2.45) is 0 Å². The van der Waals surface area contributed by atoms with Crippen molar-refractivity contribution in [3.63, 3.8) is 0 Å². The highest BCUT2D eigenvalue weighted by Gasteiger charge is 2.49. The minimum atomic E-state index is -0.910. The molecule has 7 nitrogen and oxygen atoms in total. The highest BCUT2D eigenvalue weighted by Crippen LogP contribution is 2.28. The van der Waals surface area contributed by atoms with E-state index in [2.05, 4.69) is 0 Å². The summed E-state index contributed by atoms with van der Waals surface area (Å²) in [6.45, 7) is 3.28. The van der Waals surface area contributed by atoms with Crippen molar-refractivity contribution < 1.29 is 19.2 Å². The third-order valence-electron chi connectivity index (χ3n) is 4.89. The first-order valence-electron chi connectivity index (χ1n) is 8.98. The molecule has 3 rings (SSSR count). The summed E-state index contributed by atoms with van der Waals surface area (Å²) in [5, 5.41) is 0. The summed E-state index contributed by atoms with van der Waals surface area (Å²) < 4.78 is 0. The Morgan fingerprint density at radius 2 is 1.69 bits per heavy atom. The second kappa shape index (κ2) is 7.27. The molecule has 0 N–H and O–H groups in total. The maximum atomic E-state index is 12.8. The molecule has 0 aromatic heterocycles. The monoisotopic (exact) mass is 357 g/mol. The van der Waals surface area contributed by atoms with Crippen LogP contribution in [0.1, 0.15) is 39.5 Å². The van der Waals surface area contributed by atoms with Gasteiger partial charge >= 0.3 is 17.8 Å². The molecule has 138 valence electrons. The maximum absolute atomic E-state index is 12.8. The lowest BCUT2D eigenvalue weighted by atomic mass is 10.2. The Bertz CT molecular complexity index is 726. The first-order valence-corrected chi connectivity index (χ1v) is 8.98. The summed E-state index contributed by atoms with van der Waals surface area (Å²) in [7, 11) is 0. The number of rotatable bonds is 5. The molecule has 1 saturated carbocycles. The Balaban J connectivity index is 1.78. The summed E-state index contributed by atoms with van der Waals surface area (Å²) in [5.41, 5.74) is 0.686. The van der Waals surface area contributed by atoms with E-state index in [0.717, 1.165) is 22.6 Å². The van der Waals surface area contributed by atoms with Crippen LogP contribution in [0.3, 0.4) is 0 Å². The number of hydrogen-bond donors (Lipinski definition) is 0. The van der Waals surface area contributed by atoms with Gasteiger partial charge in [0.25, 0.3) is 0 Å². The second-order valence-corrected chi connectivity index (χ2v) is 6.98. The second-order valence-electron chi connectivity index (χ2n) is 6.98. The Hall–Kier alpha value is -2.70. The molecule has 26 heavy (non-hydrogen) atoms. The van der Waals surface area contributed by atoms with Crippen LogP contribution in [0, 0.1) is 0 Å². The van der Waals surface area contributed by atoms with Crippen molar-refractivity contribution in [1.29, 1.82) is 0 Å². The summed E-state index contributed by atoms with van der Waals surface area (Å²) >= 11 is 0. The molecule has 0 radical (unpaired) electrons. The van der Waals surface area contributed by atoms with E-state index in [0.29, 0.717) is 18.5 Å². The van der Waals surface area contributed by atoms with E-state index in [9.17, 15) is 19.2 Å². The summed E-state index contributed by atoms with van der Waals surface area (Å²) in [6, 6.07) is 8.01. The molecule has 1 aromatic carbocycles. The van der Waals surface area contributed by atoms with Gasteiger partial charge in [0, 0.05) is 17.8 Å². The average Bonchev–Trinajstić information content (AvgIpc) is 3.19. The van der Waals surface area contributed by atoms with Crippen LogP contribution in [-0.2, 0) is 14.4 Å². The van der Waals surface area contributed by atoms with Crippen LogP contribution in [0.2, 0.25) is 0 Å². The predicted molar refractivity (Wildman–Crippen MR) is 95.3 cm³/mol. The highest BCUT2D eigenvalue weighted by atomic mass is 16.2. The molecule has 2 aliphatic rings. The van der Waals surface area contributed by atoms with Gasteiger partial charge in [0.1, 0.15) is 6.54 Å². The molecule has 1 aliphatic heterocycles. The average molecular weight is 357 g/mol. The van der Waals surface area contributed by atoms with E-state index >= 15 is 0 Å². The zero-order valence-corrected chi connectivity index (χ0v) is 15.1. The molecule has 2 fully saturated rings. The lowest BCUT2D eigenvalue weighted by Gasteiger charge is -2.28. The summed E-state index contributed by atoms with van der Waals surface area (Å²) in [4.78, 5) is 53.3. The van der Waals surface area contributed by atoms with Crippen LogP contribution in [0.4, 0.5) is 10.5 Å². The number of hydrogen-bond acceptors (Lipinski definition) is 4. The first kappa shape index (κ1) is 18.1.